The number of hydrogen-bond donors (Lipinski definition) is 0. The van der Waals surface area contributed by atoms with Crippen molar-refractivity contribution in [3.8, 4) is 0 Å². The average molecular weight is 400 g/mol. The van der Waals surface area contributed by atoms with Crippen molar-refractivity contribution in [1.82, 2.24) is 9.88 Å². The standard InChI is InChI=1S/C22H26ClN3O2/c23-19-8-4-3-7-18(19)20-16-26(13-14-28-20)22(27)17-9-10-21(24-15-17)25-11-5-1-2-6-12-25/h3-4,7-10,15,20H,1-2,5-6,11-14,16H2/t20-/m0/s1. The molecule has 1 aromatic heterocycles. The van der Waals surface area contributed by atoms with Crippen molar-refractivity contribution >= 4 is 23.3 Å². The Bertz CT molecular complexity index is 804. The van der Waals surface area contributed by atoms with Gasteiger partial charge in [-0.2, -0.15) is 0 Å². The van der Waals surface area contributed by atoms with E-state index in [4.69, 9.17) is 16.3 Å². The van der Waals surface area contributed by atoms with Gasteiger partial charge in [0.25, 0.3) is 5.91 Å². The Morgan fingerprint density at radius 2 is 1.82 bits per heavy atom. The highest BCUT2D eigenvalue weighted by atomic mass is 35.5. The van der Waals surface area contributed by atoms with Crippen LogP contribution in [0.3, 0.4) is 0 Å². The maximum absolute atomic E-state index is 13.0. The topological polar surface area (TPSA) is 45.7 Å². The van der Waals surface area contributed by atoms with E-state index in [0.29, 0.717) is 30.3 Å². The van der Waals surface area contributed by atoms with Crippen molar-refractivity contribution in [2.24, 2.45) is 0 Å². The minimum Gasteiger partial charge on any atom is -0.370 e. The fraction of sp³-hybridized carbons (Fsp3) is 0.455. The SMILES string of the molecule is O=C(c1ccc(N2CCCCCC2)nc1)N1CCO[C@H](c2ccccc2Cl)C1. The number of rotatable bonds is 3. The highest BCUT2D eigenvalue weighted by Crippen LogP contribution is 2.29. The molecule has 0 aliphatic carbocycles. The van der Waals surface area contributed by atoms with Crippen molar-refractivity contribution in [2.45, 2.75) is 31.8 Å². The predicted octanol–water partition coefficient (Wildman–Crippen LogP) is 4.33. The molecule has 1 atom stereocenters. The fourth-order valence-corrected chi connectivity index (χ4v) is 4.20. The third-order valence-corrected chi connectivity index (χ3v) is 5.87. The van der Waals surface area contributed by atoms with Gasteiger partial charge in [-0.15, -0.1) is 0 Å². The van der Waals surface area contributed by atoms with Crippen LogP contribution in [0.4, 0.5) is 5.82 Å². The first-order valence-electron chi connectivity index (χ1n) is 10.1. The van der Waals surface area contributed by atoms with Gasteiger partial charge >= 0.3 is 0 Å². The van der Waals surface area contributed by atoms with Gasteiger partial charge in [0.2, 0.25) is 0 Å². The second-order valence-electron chi connectivity index (χ2n) is 7.44. The molecular weight excluding hydrogens is 374 g/mol. The van der Waals surface area contributed by atoms with Gasteiger partial charge in [0.15, 0.2) is 0 Å². The molecule has 2 saturated heterocycles. The second kappa shape index (κ2) is 8.93. The molecule has 2 aromatic rings. The third-order valence-electron chi connectivity index (χ3n) is 5.53. The van der Waals surface area contributed by atoms with Crippen LogP contribution in [-0.2, 0) is 4.74 Å². The zero-order valence-corrected chi connectivity index (χ0v) is 16.8. The predicted molar refractivity (Wildman–Crippen MR) is 111 cm³/mol. The number of nitrogens with zero attached hydrogens (tertiary/aromatic N) is 3. The number of anilines is 1. The molecule has 0 N–H and O–H groups in total. The largest absolute Gasteiger partial charge is 0.370 e. The molecule has 2 aliphatic rings. The molecule has 2 fully saturated rings. The van der Waals surface area contributed by atoms with Gasteiger partial charge in [-0.3, -0.25) is 4.79 Å². The van der Waals surface area contributed by atoms with Crippen LogP contribution in [-0.4, -0.2) is 48.6 Å². The van der Waals surface area contributed by atoms with E-state index in [-0.39, 0.29) is 12.0 Å². The van der Waals surface area contributed by atoms with Crippen LogP contribution in [0.1, 0.15) is 47.7 Å². The summed E-state index contributed by atoms with van der Waals surface area (Å²) < 4.78 is 5.87. The Hall–Kier alpha value is -2.11. The van der Waals surface area contributed by atoms with Crippen LogP contribution in [0.5, 0.6) is 0 Å². The van der Waals surface area contributed by atoms with Gasteiger partial charge in [-0.05, 0) is 31.0 Å². The summed E-state index contributed by atoms with van der Waals surface area (Å²) >= 11 is 6.31. The van der Waals surface area contributed by atoms with E-state index >= 15 is 0 Å². The van der Waals surface area contributed by atoms with Gasteiger partial charge in [0.05, 0.1) is 18.7 Å². The summed E-state index contributed by atoms with van der Waals surface area (Å²) in [5.74, 6) is 0.963. The van der Waals surface area contributed by atoms with Crippen molar-refractivity contribution in [2.75, 3.05) is 37.7 Å². The van der Waals surface area contributed by atoms with Crippen LogP contribution in [0.15, 0.2) is 42.6 Å². The van der Waals surface area contributed by atoms with E-state index in [2.05, 4.69) is 9.88 Å². The molecule has 0 saturated carbocycles. The molecule has 3 heterocycles. The van der Waals surface area contributed by atoms with Crippen molar-refractivity contribution in [3.63, 3.8) is 0 Å². The first kappa shape index (κ1) is 19.2. The van der Waals surface area contributed by atoms with Gasteiger partial charge < -0.3 is 14.5 Å². The Balaban J connectivity index is 1.44. The molecule has 0 bridgehead atoms. The molecular formula is C22H26ClN3O2. The molecule has 0 radical (unpaired) electrons. The summed E-state index contributed by atoms with van der Waals surface area (Å²) in [6, 6.07) is 11.5. The first-order chi connectivity index (χ1) is 13.7. The maximum Gasteiger partial charge on any atom is 0.255 e. The number of carbonyl (C=O) groups excluding carboxylic acids is 1. The van der Waals surface area contributed by atoms with E-state index in [0.717, 1.165) is 24.5 Å². The Kier molecular flexibility index (Phi) is 6.13. The number of aromatic nitrogens is 1. The molecule has 6 heteroatoms. The van der Waals surface area contributed by atoms with Crippen LogP contribution in [0.25, 0.3) is 0 Å². The normalized spacial score (nSPS) is 20.7. The lowest BCUT2D eigenvalue weighted by molar-refractivity contribution is -0.0227. The lowest BCUT2D eigenvalue weighted by Crippen LogP contribution is -2.42. The third kappa shape index (κ3) is 4.31. The van der Waals surface area contributed by atoms with Crippen LogP contribution in [0, 0.1) is 0 Å². The summed E-state index contributed by atoms with van der Waals surface area (Å²) in [4.78, 5) is 21.7. The maximum atomic E-state index is 13.0. The Labute approximate surface area is 171 Å². The summed E-state index contributed by atoms with van der Waals surface area (Å²) in [5.41, 5.74) is 1.55. The molecule has 0 unspecified atom stereocenters. The van der Waals surface area contributed by atoms with Crippen LogP contribution < -0.4 is 4.90 Å². The number of amides is 1. The zero-order chi connectivity index (χ0) is 19.3. The molecule has 4 rings (SSSR count). The first-order valence-corrected chi connectivity index (χ1v) is 10.5. The van der Waals surface area contributed by atoms with Crippen LogP contribution >= 0.6 is 11.6 Å². The Morgan fingerprint density at radius 3 is 2.54 bits per heavy atom. The molecule has 1 aromatic carbocycles. The second-order valence-corrected chi connectivity index (χ2v) is 7.85. The van der Waals surface area contributed by atoms with E-state index < -0.39 is 0 Å². The minimum absolute atomic E-state index is 0.00438. The number of hydrogen-bond acceptors (Lipinski definition) is 4. The van der Waals surface area contributed by atoms with E-state index in [1.54, 1.807) is 6.20 Å². The number of morpholine rings is 1. The molecule has 148 valence electrons. The van der Waals surface area contributed by atoms with Gasteiger partial charge in [0, 0.05) is 36.4 Å². The summed E-state index contributed by atoms with van der Waals surface area (Å²) in [6.45, 7) is 3.66. The number of carbonyl (C=O) groups is 1. The smallest absolute Gasteiger partial charge is 0.255 e. The Morgan fingerprint density at radius 1 is 1.04 bits per heavy atom. The van der Waals surface area contributed by atoms with Crippen LogP contribution in [0.2, 0.25) is 5.02 Å². The minimum atomic E-state index is -0.198. The monoisotopic (exact) mass is 399 g/mol. The zero-order valence-electron chi connectivity index (χ0n) is 16.0. The number of halogens is 1. The number of ether oxygens (including phenoxy) is 1. The lowest BCUT2D eigenvalue weighted by Gasteiger charge is -2.33. The van der Waals surface area contributed by atoms with Gasteiger partial charge in [-0.1, -0.05) is 42.6 Å². The number of benzene rings is 1. The summed E-state index contributed by atoms with van der Waals surface area (Å²) in [6.07, 6.45) is 6.51. The molecule has 5 nitrogen and oxygen atoms in total. The highest BCUT2D eigenvalue weighted by molar-refractivity contribution is 6.31. The molecule has 2 aliphatic heterocycles. The fourth-order valence-electron chi connectivity index (χ4n) is 3.94. The van der Waals surface area contributed by atoms with Crippen molar-refractivity contribution in [1.29, 1.82) is 0 Å². The number of pyridine rings is 1. The van der Waals surface area contributed by atoms with Crippen molar-refractivity contribution in [3.05, 3.63) is 58.7 Å². The van der Waals surface area contributed by atoms with E-state index in [1.165, 1.54) is 25.7 Å². The molecule has 0 spiro atoms. The van der Waals surface area contributed by atoms with E-state index in [9.17, 15) is 4.79 Å². The lowest BCUT2D eigenvalue weighted by atomic mass is 10.1. The van der Waals surface area contributed by atoms with E-state index in [1.807, 2.05) is 41.3 Å². The highest BCUT2D eigenvalue weighted by Gasteiger charge is 2.27. The van der Waals surface area contributed by atoms with Gasteiger partial charge in [0.1, 0.15) is 11.9 Å². The molecule has 28 heavy (non-hydrogen) atoms. The van der Waals surface area contributed by atoms with Gasteiger partial charge in [-0.25, -0.2) is 4.98 Å². The average Bonchev–Trinajstić information content (AvgIpc) is 3.03. The summed E-state index contributed by atoms with van der Waals surface area (Å²) in [5, 5.41) is 0.672. The molecule has 1 amide bonds. The quantitative estimate of drug-likeness (QED) is 0.770. The van der Waals surface area contributed by atoms with Crippen molar-refractivity contribution < 1.29 is 9.53 Å². The summed E-state index contributed by atoms with van der Waals surface area (Å²) in [7, 11) is 0.